The molecule has 7 heteroatoms. The number of aryl methyl sites for hydroxylation is 1. The first-order valence-electron chi connectivity index (χ1n) is 8.59. The highest BCUT2D eigenvalue weighted by atomic mass is 16.4. The van der Waals surface area contributed by atoms with Crippen LogP contribution in [0, 0.1) is 5.92 Å². The molecule has 0 saturated heterocycles. The normalized spacial score (nSPS) is 20.0. The van der Waals surface area contributed by atoms with Gasteiger partial charge in [0, 0.05) is 42.7 Å². The molecule has 0 spiro atoms. The fourth-order valence-corrected chi connectivity index (χ4v) is 3.48. The number of hydrogen-bond acceptors (Lipinski definition) is 3. The van der Waals surface area contributed by atoms with Crippen molar-refractivity contribution in [3.63, 3.8) is 0 Å². The molecule has 1 fully saturated rings. The highest BCUT2D eigenvalue weighted by molar-refractivity contribution is 5.89. The second kappa shape index (κ2) is 6.33. The van der Waals surface area contributed by atoms with Crippen molar-refractivity contribution >= 4 is 22.8 Å². The summed E-state index contributed by atoms with van der Waals surface area (Å²) in [5, 5.41) is 17.4. The van der Waals surface area contributed by atoms with E-state index in [1.165, 1.54) is 0 Å². The van der Waals surface area contributed by atoms with E-state index in [2.05, 4.69) is 15.4 Å². The van der Waals surface area contributed by atoms with E-state index < -0.39 is 12.0 Å². The molecule has 4 rings (SSSR count). The van der Waals surface area contributed by atoms with Gasteiger partial charge in [-0.3, -0.25) is 9.48 Å². The molecule has 3 atom stereocenters. The maximum absolute atomic E-state index is 12.5. The van der Waals surface area contributed by atoms with Gasteiger partial charge in [0.1, 0.15) is 6.04 Å². The van der Waals surface area contributed by atoms with Gasteiger partial charge in [0.05, 0.1) is 6.20 Å². The summed E-state index contributed by atoms with van der Waals surface area (Å²) in [6.45, 7) is 0. The Hall–Kier alpha value is -3.09. The van der Waals surface area contributed by atoms with E-state index in [9.17, 15) is 14.7 Å². The van der Waals surface area contributed by atoms with Gasteiger partial charge >= 0.3 is 5.97 Å². The summed E-state index contributed by atoms with van der Waals surface area (Å²) >= 11 is 0. The lowest BCUT2D eigenvalue weighted by Crippen LogP contribution is -2.43. The standard InChI is InChI=1S/C19H20N4O3/c1-23-10-12(9-21-23)14-7-15(14)18(24)22-17(19(25)26)6-11-8-20-16-5-3-2-4-13(11)16/h2-5,8-10,14-15,17,20H,6-7H2,1H3,(H,22,24)(H,25,26)/t14-,15+,17+/m0/s1. The summed E-state index contributed by atoms with van der Waals surface area (Å²) in [7, 11) is 1.84. The summed E-state index contributed by atoms with van der Waals surface area (Å²) in [4.78, 5) is 27.3. The minimum absolute atomic E-state index is 0.131. The van der Waals surface area contributed by atoms with Crippen LogP contribution in [0.3, 0.4) is 0 Å². The Bertz CT molecular complexity index is 974. The maximum atomic E-state index is 12.5. The number of nitrogens with one attached hydrogen (secondary N) is 2. The van der Waals surface area contributed by atoms with E-state index in [4.69, 9.17) is 0 Å². The Morgan fingerprint density at radius 2 is 2.23 bits per heavy atom. The lowest BCUT2D eigenvalue weighted by Gasteiger charge is -2.14. The zero-order valence-electron chi connectivity index (χ0n) is 14.3. The summed E-state index contributed by atoms with van der Waals surface area (Å²) in [5.41, 5.74) is 2.86. The van der Waals surface area contributed by atoms with Gasteiger partial charge in [0.25, 0.3) is 0 Å². The summed E-state index contributed by atoms with van der Waals surface area (Å²) in [5.74, 6) is -1.27. The van der Waals surface area contributed by atoms with E-state index in [0.29, 0.717) is 0 Å². The Kier molecular flexibility index (Phi) is 3.99. The van der Waals surface area contributed by atoms with Crippen LogP contribution in [0.2, 0.25) is 0 Å². The van der Waals surface area contributed by atoms with Crippen LogP contribution in [0.4, 0.5) is 0 Å². The number of aliphatic carboxylic acids is 1. The van der Waals surface area contributed by atoms with Gasteiger partial charge in [-0.25, -0.2) is 4.79 Å². The van der Waals surface area contributed by atoms with Crippen molar-refractivity contribution in [2.24, 2.45) is 13.0 Å². The Morgan fingerprint density at radius 3 is 2.96 bits per heavy atom. The number of benzene rings is 1. The molecule has 3 aromatic rings. The van der Waals surface area contributed by atoms with Crippen molar-refractivity contribution in [2.75, 3.05) is 0 Å². The third kappa shape index (κ3) is 3.08. The third-order valence-corrected chi connectivity index (χ3v) is 4.99. The minimum Gasteiger partial charge on any atom is -0.480 e. The number of carboxylic acids is 1. The number of carbonyl (C=O) groups excluding carboxylic acids is 1. The predicted molar refractivity (Wildman–Crippen MR) is 95.6 cm³/mol. The molecule has 1 aliphatic carbocycles. The quantitative estimate of drug-likeness (QED) is 0.630. The first-order valence-corrected chi connectivity index (χ1v) is 8.59. The second-order valence-electron chi connectivity index (χ2n) is 6.86. The summed E-state index contributed by atoms with van der Waals surface area (Å²) in [6, 6.07) is 6.77. The van der Waals surface area contributed by atoms with Crippen LogP contribution in [0.5, 0.6) is 0 Å². The van der Waals surface area contributed by atoms with Crippen LogP contribution in [-0.2, 0) is 23.1 Å². The number of H-pyrrole nitrogens is 1. The molecule has 2 aromatic heterocycles. The summed E-state index contributed by atoms with van der Waals surface area (Å²) < 4.78 is 1.71. The average Bonchev–Trinajstić information content (AvgIpc) is 3.15. The minimum atomic E-state index is -1.03. The number of carboxylic acid groups (broad SMARTS) is 1. The van der Waals surface area contributed by atoms with Gasteiger partial charge in [-0.2, -0.15) is 5.10 Å². The summed E-state index contributed by atoms with van der Waals surface area (Å²) in [6.07, 6.45) is 6.45. The topological polar surface area (TPSA) is 100 Å². The van der Waals surface area contributed by atoms with Crippen LogP contribution in [0.1, 0.15) is 23.5 Å². The molecule has 1 aliphatic rings. The molecular formula is C19H20N4O3. The average molecular weight is 352 g/mol. The van der Waals surface area contributed by atoms with E-state index in [1.807, 2.05) is 43.7 Å². The Labute approximate surface area is 150 Å². The van der Waals surface area contributed by atoms with Crippen molar-refractivity contribution in [3.8, 4) is 0 Å². The zero-order chi connectivity index (χ0) is 18.3. The molecule has 26 heavy (non-hydrogen) atoms. The van der Waals surface area contributed by atoms with Gasteiger partial charge in [0.2, 0.25) is 5.91 Å². The molecule has 2 heterocycles. The van der Waals surface area contributed by atoms with Crippen LogP contribution in [-0.4, -0.2) is 37.8 Å². The monoisotopic (exact) mass is 352 g/mol. The molecule has 0 radical (unpaired) electrons. The molecule has 7 nitrogen and oxygen atoms in total. The van der Waals surface area contributed by atoms with Crippen LogP contribution >= 0.6 is 0 Å². The highest BCUT2D eigenvalue weighted by Crippen LogP contribution is 2.47. The number of aromatic nitrogens is 3. The van der Waals surface area contributed by atoms with E-state index in [1.54, 1.807) is 10.9 Å². The molecule has 134 valence electrons. The second-order valence-corrected chi connectivity index (χ2v) is 6.86. The largest absolute Gasteiger partial charge is 0.480 e. The molecular weight excluding hydrogens is 332 g/mol. The number of fused-ring (bicyclic) bond motifs is 1. The third-order valence-electron chi connectivity index (χ3n) is 4.99. The zero-order valence-corrected chi connectivity index (χ0v) is 14.3. The van der Waals surface area contributed by atoms with Crippen LogP contribution in [0.15, 0.2) is 42.9 Å². The van der Waals surface area contributed by atoms with Gasteiger partial charge in [-0.1, -0.05) is 18.2 Å². The predicted octanol–water partition coefficient (Wildman–Crippen LogP) is 1.82. The number of aromatic amines is 1. The first-order chi connectivity index (χ1) is 12.5. The fourth-order valence-electron chi connectivity index (χ4n) is 3.48. The Balaban J connectivity index is 1.44. The van der Waals surface area contributed by atoms with Crippen molar-refractivity contribution in [2.45, 2.75) is 24.8 Å². The number of para-hydroxylation sites is 1. The number of amides is 1. The molecule has 1 amide bonds. The van der Waals surface area contributed by atoms with Gasteiger partial charge in [-0.05, 0) is 29.5 Å². The van der Waals surface area contributed by atoms with Crippen LogP contribution in [0.25, 0.3) is 10.9 Å². The van der Waals surface area contributed by atoms with Gasteiger partial charge in [-0.15, -0.1) is 0 Å². The lowest BCUT2D eigenvalue weighted by atomic mass is 10.0. The SMILES string of the molecule is Cn1cc([C@@H]2C[C@H]2C(=O)N[C@H](Cc2c[nH]c3ccccc23)C(=O)O)cn1. The van der Waals surface area contributed by atoms with Crippen LogP contribution < -0.4 is 5.32 Å². The lowest BCUT2D eigenvalue weighted by molar-refractivity contribution is -0.142. The number of nitrogens with zero attached hydrogens (tertiary/aromatic N) is 2. The van der Waals surface area contributed by atoms with Crippen molar-refractivity contribution in [3.05, 3.63) is 54.0 Å². The van der Waals surface area contributed by atoms with Crippen molar-refractivity contribution in [1.29, 1.82) is 0 Å². The molecule has 0 bridgehead atoms. The van der Waals surface area contributed by atoms with E-state index in [-0.39, 0.29) is 24.2 Å². The van der Waals surface area contributed by atoms with E-state index in [0.717, 1.165) is 28.5 Å². The Morgan fingerprint density at radius 1 is 1.42 bits per heavy atom. The van der Waals surface area contributed by atoms with E-state index >= 15 is 0 Å². The smallest absolute Gasteiger partial charge is 0.326 e. The molecule has 1 aromatic carbocycles. The number of rotatable bonds is 6. The van der Waals surface area contributed by atoms with Gasteiger partial charge < -0.3 is 15.4 Å². The van der Waals surface area contributed by atoms with Crippen molar-refractivity contribution < 1.29 is 14.7 Å². The molecule has 1 saturated carbocycles. The van der Waals surface area contributed by atoms with Crippen molar-refractivity contribution in [1.82, 2.24) is 20.1 Å². The molecule has 3 N–H and O–H groups in total. The fraction of sp³-hybridized carbons (Fsp3) is 0.316. The maximum Gasteiger partial charge on any atom is 0.326 e. The number of hydrogen-bond donors (Lipinski definition) is 3. The molecule has 0 aliphatic heterocycles. The number of carbonyl (C=O) groups is 2. The highest BCUT2D eigenvalue weighted by Gasteiger charge is 2.45. The van der Waals surface area contributed by atoms with Gasteiger partial charge in [0.15, 0.2) is 0 Å². The molecule has 0 unspecified atom stereocenters. The first kappa shape index (κ1) is 16.4.